The second-order valence-electron chi connectivity index (χ2n) is 10.6. The van der Waals surface area contributed by atoms with Crippen molar-refractivity contribution in [2.75, 3.05) is 79.0 Å². The standard InChI is InChI=1S/C30H56N6O10/c1-24(37)22-45-20-18-44-17-15-34-29(41)23-46-21-19-43-16-14-33-27(39)10-7-11-28(40)36-25(8-4-5-12-31)30(42)35-13-6-2-3-9-26(32)38/h25H,2-23,31H2,1H3,(H2,32,38)(H,33,39)(H,34,41)(H,35,42)(H,36,40)/t25-/m0/s1. The van der Waals surface area contributed by atoms with Crippen molar-refractivity contribution in [1.29, 1.82) is 0 Å². The van der Waals surface area contributed by atoms with Gasteiger partial charge in [-0.3, -0.25) is 28.8 Å². The molecular weight excluding hydrogens is 604 g/mol. The molecule has 0 radical (unpaired) electrons. The second kappa shape index (κ2) is 30.5. The van der Waals surface area contributed by atoms with E-state index in [2.05, 4.69) is 21.3 Å². The lowest BCUT2D eigenvalue weighted by Gasteiger charge is -2.18. The summed E-state index contributed by atoms with van der Waals surface area (Å²) < 4.78 is 20.9. The Kier molecular flexibility index (Phi) is 28.4. The summed E-state index contributed by atoms with van der Waals surface area (Å²) >= 11 is 0. The van der Waals surface area contributed by atoms with Crippen LogP contribution in [0.4, 0.5) is 0 Å². The average molecular weight is 661 g/mol. The predicted molar refractivity (Wildman–Crippen MR) is 169 cm³/mol. The van der Waals surface area contributed by atoms with Gasteiger partial charge in [-0.25, -0.2) is 0 Å². The van der Waals surface area contributed by atoms with Crippen LogP contribution in [-0.2, 0) is 47.7 Å². The van der Waals surface area contributed by atoms with Gasteiger partial charge in [-0.1, -0.05) is 6.42 Å². The van der Waals surface area contributed by atoms with Crippen molar-refractivity contribution in [3.8, 4) is 0 Å². The van der Waals surface area contributed by atoms with Crippen LogP contribution in [0, 0.1) is 0 Å². The molecule has 8 N–H and O–H groups in total. The molecule has 0 saturated carbocycles. The maximum atomic E-state index is 12.6. The first kappa shape index (κ1) is 42.8. The summed E-state index contributed by atoms with van der Waals surface area (Å²) in [5.74, 6) is -1.47. The molecule has 5 amide bonds. The fourth-order valence-electron chi connectivity index (χ4n) is 3.86. The van der Waals surface area contributed by atoms with Crippen molar-refractivity contribution in [2.24, 2.45) is 11.5 Å². The van der Waals surface area contributed by atoms with Gasteiger partial charge in [0.1, 0.15) is 19.3 Å². The molecule has 0 rings (SSSR count). The molecule has 16 heteroatoms. The van der Waals surface area contributed by atoms with Crippen LogP contribution < -0.4 is 32.7 Å². The lowest BCUT2D eigenvalue weighted by Crippen LogP contribution is -2.47. The lowest BCUT2D eigenvalue weighted by atomic mass is 10.1. The number of Topliss-reactive ketones (excluding diaryl/α,β-unsaturated/α-hetero) is 1. The zero-order chi connectivity index (χ0) is 34.3. The number of carbonyl (C=O) groups excluding carboxylic acids is 6. The minimum atomic E-state index is -0.676. The SMILES string of the molecule is CC(=O)COCCOCCNC(=O)COCCOCCNC(=O)CCCC(=O)N[C@@H](CCCCN)C(=O)NCCCCCC(N)=O. The van der Waals surface area contributed by atoms with Crippen molar-refractivity contribution in [3.05, 3.63) is 0 Å². The highest BCUT2D eigenvalue weighted by Crippen LogP contribution is 2.04. The van der Waals surface area contributed by atoms with Crippen LogP contribution in [0.3, 0.4) is 0 Å². The van der Waals surface area contributed by atoms with Crippen LogP contribution in [0.15, 0.2) is 0 Å². The molecule has 16 nitrogen and oxygen atoms in total. The largest absolute Gasteiger partial charge is 0.377 e. The molecule has 0 aliphatic carbocycles. The quantitative estimate of drug-likeness (QED) is 0.0469. The third-order valence-corrected chi connectivity index (χ3v) is 6.23. The Labute approximate surface area is 272 Å². The van der Waals surface area contributed by atoms with E-state index < -0.39 is 6.04 Å². The number of carbonyl (C=O) groups is 6. The Morgan fingerprint density at radius 3 is 1.83 bits per heavy atom. The number of hydrogen-bond acceptors (Lipinski definition) is 11. The molecule has 0 aliphatic rings. The van der Waals surface area contributed by atoms with E-state index >= 15 is 0 Å². The molecule has 0 saturated heterocycles. The normalized spacial score (nSPS) is 11.4. The number of nitrogens with two attached hydrogens (primary N) is 2. The van der Waals surface area contributed by atoms with Crippen molar-refractivity contribution >= 4 is 35.3 Å². The molecule has 0 bridgehead atoms. The molecule has 0 aromatic carbocycles. The Balaban J connectivity index is 3.88. The third kappa shape index (κ3) is 29.5. The van der Waals surface area contributed by atoms with Gasteiger partial charge < -0.3 is 51.7 Å². The molecule has 0 unspecified atom stereocenters. The van der Waals surface area contributed by atoms with Gasteiger partial charge in [0.2, 0.25) is 29.5 Å². The maximum absolute atomic E-state index is 12.6. The maximum Gasteiger partial charge on any atom is 0.246 e. The van der Waals surface area contributed by atoms with Gasteiger partial charge in [0, 0.05) is 38.9 Å². The molecule has 1 atom stereocenters. The first-order chi connectivity index (χ1) is 22.1. The first-order valence-corrected chi connectivity index (χ1v) is 16.0. The van der Waals surface area contributed by atoms with Crippen molar-refractivity contribution in [2.45, 2.75) is 77.2 Å². The zero-order valence-corrected chi connectivity index (χ0v) is 27.4. The summed E-state index contributed by atoms with van der Waals surface area (Å²) in [5.41, 5.74) is 10.7. The third-order valence-electron chi connectivity index (χ3n) is 6.23. The number of ketones is 1. The van der Waals surface area contributed by atoms with E-state index in [1.165, 1.54) is 6.92 Å². The number of unbranched alkanes of at least 4 members (excludes halogenated alkanes) is 3. The molecular formula is C30H56N6O10. The molecule has 0 aliphatic heterocycles. The van der Waals surface area contributed by atoms with Crippen LogP contribution in [0.1, 0.15) is 71.1 Å². The smallest absolute Gasteiger partial charge is 0.246 e. The van der Waals surface area contributed by atoms with Gasteiger partial charge in [-0.05, 0) is 52.0 Å². The number of nitrogens with one attached hydrogen (secondary N) is 4. The van der Waals surface area contributed by atoms with E-state index in [4.69, 9.17) is 30.4 Å². The van der Waals surface area contributed by atoms with E-state index in [9.17, 15) is 28.8 Å². The van der Waals surface area contributed by atoms with Crippen molar-refractivity contribution < 1.29 is 47.7 Å². The van der Waals surface area contributed by atoms with Gasteiger partial charge in [0.25, 0.3) is 0 Å². The molecule has 266 valence electrons. The summed E-state index contributed by atoms with van der Waals surface area (Å²) in [4.78, 5) is 70.4. The van der Waals surface area contributed by atoms with E-state index in [0.717, 1.165) is 12.8 Å². The Hall–Kier alpha value is -3.18. The Bertz CT molecular complexity index is 877. The fraction of sp³-hybridized carbons (Fsp3) is 0.800. The van der Waals surface area contributed by atoms with Crippen LogP contribution in [0.5, 0.6) is 0 Å². The number of ether oxygens (including phenoxy) is 4. The second-order valence-corrected chi connectivity index (χ2v) is 10.6. The number of amides is 5. The van der Waals surface area contributed by atoms with Gasteiger partial charge in [0.05, 0.1) is 39.6 Å². The highest BCUT2D eigenvalue weighted by molar-refractivity contribution is 5.87. The molecule has 0 heterocycles. The minimum absolute atomic E-state index is 0.0515. The number of rotatable bonds is 32. The summed E-state index contributed by atoms with van der Waals surface area (Å²) in [6.07, 6.45) is 4.93. The van der Waals surface area contributed by atoms with Crippen molar-refractivity contribution in [3.63, 3.8) is 0 Å². The minimum Gasteiger partial charge on any atom is -0.377 e. The summed E-state index contributed by atoms with van der Waals surface area (Å²) in [6, 6.07) is -0.676. The summed E-state index contributed by atoms with van der Waals surface area (Å²) in [7, 11) is 0. The topological polar surface area (TPSA) is 240 Å². The van der Waals surface area contributed by atoms with Crippen molar-refractivity contribution in [1.82, 2.24) is 21.3 Å². The molecule has 0 aromatic heterocycles. The van der Waals surface area contributed by atoms with E-state index in [-0.39, 0.29) is 87.7 Å². The monoisotopic (exact) mass is 660 g/mol. The average Bonchev–Trinajstić information content (AvgIpc) is 3.00. The Morgan fingerprint density at radius 2 is 1.20 bits per heavy atom. The van der Waals surface area contributed by atoms with E-state index in [1.54, 1.807) is 0 Å². The molecule has 0 spiro atoms. The van der Waals surface area contributed by atoms with E-state index in [0.29, 0.717) is 78.0 Å². The number of hydrogen-bond donors (Lipinski definition) is 6. The van der Waals surface area contributed by atoms with Gasteiger partial charge >= 0.3 is 0 Å². The lowest BCUT2D eigenvalue weighted by molar-refractivity contribution is -0.129. The molecule has 0 aromatic rings. The fourth-order valence-corrected chi connectivity index (χ4v) is 3.86. The number of primary amides is 1. The van der Waals surface area contributed by atoms with Crippen LogP contribution in [0.2, 0.25) is 0 Å². The predicted octanol–water partition coefficient (Wildman–Crippen LogP) is -1.18. The van der Waals surface area contributed by atoms with Crippen LogP contribution in [0.25, 0.3) is 0 Å². The van der Waals surface area contributed by atoms with Crippen LogP contribution in [-0.4, -0.2) is 120 Å². The van der Waals surface area contributed by atoms with Gasteiger partial charge in [-0.15, -0.1) is 0 Å². The highest BCUT2D eigenvalue weighted by atomic mass is 16.5. The van der Waals surface area contributed by atoms with Crippen LogP contribution >= 0.6 is 0 Å². The molecule has 46 heavy (non-hydrogen) atoms. The first-order valence-electron chi connectivity index (χ1n) is 16.0. The highest BCUT2D eigenvalue weighted by Gasteiger charge is 2.20. The summed E-state index contributed by atoms with van der Waals surface area (Å²) in [5, 5.41) is 11.0. The van der Waals surface area contributed by atoms with Gasteiger partial charge in [-0.2, -0.15) is 0 Å². The van der Waals surface area contributed by atoms with E-state index in [1.807, 2.05) is 0 Å². The zero-order valence-electron chi connectivity index (χ0n) is 27.4. The molecule has 0 fully saturated rings. The Morgan fingerprint density at radius 1 is 0.587 bits per heavy atom. The van der Waals surface area contributed by atoms with Gasteiger partial charge in [0.15, 0.2) is 5.78 Å². The summed E-state index contributed by atoms with van der Waals surface area (Å²) in [6.45, 7) is 4.62.